The van der Waals surface area contributed by atoms with Crippen LogP contribution in [-0.2, 0) is 13.0 Å². The fourth-order valence-electron chi connectivity index (χ4n) is 4.86. The number of rotatable bonds is 8. The molecule has 5 heteroatoms. The Labute approximate surface area is 197 Å². The minimum absolute atomic E-state index is 0.173. The van der Waals surface area contributed by atoms with E-state index in [2.05, 4.69) is 57.4 Å². The van der Waals surface area contributed by atoms with Gasteiger partial charge in [-0.25, -0.2) is 0 Å². The van der Waals surface area contributed by atoms with E-state index < -0.39 is 0 Å². The number of ether oxygens (including phenoxy) is 1. The van der Waals surface area contributed by atoms with Crippen LogP contribution in [0.5, 0.6) is 5.75 Å². The van der Waals surface area contributed by atoms with Crippen molar-refractivity contribution in [2.24, 2.45) is 5.92 Å². The minimum Gasteiger partial charge on any atom is -0.489 e. The summed E-state index contributed by atoms with van der Waals surface area (Å²) < 4.78 is 5.89. The number of hydrogen-bond acceptors (Lipinski definition) is 3. The highest BCUT2D eigenvalue weighted by Gasteiger charge is 2.37. The average molecular weight is 463 g/mol. The third-order valence-corrected chi connectivity index (χ3v) is 6.61. The molecule has 0 spiro atoms. The van der Waals surface area contributed by atoms with Crippen molar-refractivity contribution in [1.82, 2.24) is 10.6 Å². The molecule has 0 bridgehead atoms. The van der Waals surface area contributed by atoms with Crippen LogP contribution in [0.1, 0.15) is 58.6 Å². The minimum atomic E-state index is 0.173. The van der Waals surface area contributed by atoms with Crippen LogP contribution >= 0.6 is 23.2 Å². The van der Waals surface area contributed by atoms with Gasteiger partial charge in [0.2, 0.25) is 0 Å². The molecule has 0 amide bonds. The summed E-state index contributed by atoms with van der Waals surface area (Å²) in [6.45, 7) is 12.9. The van der Waals surface area contributed by atoms with Crippen molar-refractivity contribution < 1.29 is 4.74 Å². The predicted molar refractivity (Wildman–Crippen MR) is 132 cm³/mol. The molecule has 0 radical (unpaired) electrons. The Bertz CT molecular complexity index is 828. The van der Waals surface area contributed by atoms with Gasteiger partial charge in [-0.05, 0) is 89.2 Å². The van der Waals surface area contributed by atoms with Gasteiger partial charge in [0.05, 0.1) is 0 Å². The number of piperidine rings is 1. The average Bonchev–Trinajstić information content (AvgIpc) is 2.65. The summed E-state index contributed by atoms with van der Waals surface area (Å²) in [4.78, 5) is 0. The molecule has 31 heavy (non-hydrogen) atoms. The van der Waals surface area contributed by atoms with E-state index in [1.165, 1.54) is 5.56 Å². The van der Waals surface area contributed by atoms with Gasteiger partial charge in [-0.1, -0.05) is 48.3 Å². The second-order valence-corrected chi connectivity index (χ2v) is 11.2. The molecule has 2 N–H and O–H groups in total. The summed E-state index contributed by atoms with van der Waals surface area (Å²) in [6, 6.07) is 14.4. The van der Waals surface area contributed by atoms with Crippen molar-refractivity contribution in [3.63, 3.8) is 0 Å². The summed E-state index contributed by atoms with van der Waals surface area (Å²) in [6.07, 6.45) is 3.36. The van der Waals surface area contributed by atoms with Crippen LogP contribution in [-0.4, -0.2) is 23.7 Å². The molecule has 1 aliphatic heterocycles. The SMILES string of the molecule is C[C@@H](CNC1CC(C)(C)NC(C)(C)C1)Cc1ccc(OCc2c(Cl)cccc2Cl)cc1. The lowest BCUT2D eigenvalue weighted by atomic mass is 9.79. The van der Waals surface area contributed by atoms with E-state index in [9.17, 15) is 0 Å². The zero-order valence-electron chi connectivity index (χ0n) is 19.4. The van der Waals surface area contributed by atoms with Crippen molar-refractivity contribution in [3.05, 3.63) is 63.6 Å². The maximum absolute atomic E-state index is 6.22. The summed E-state index contributed by atoms with van der Waals surface area (Å²) >= 11 is 12.4. The van der Waals surface area contributed by atoms with Gasteiger partial charge < -0.3 is 15.4 Å². The van der Waals surface area contributed by atoms with Gasteiger partial charge in [-0.3, -0.25) is 0 Å². The molecule has 3 nitrogen and oxygen atoms in total. The molecule has 0 unspecified atom stereocenters. The molecule has 0 aliphatic carbocycles. The first kappa shape index (κ1) is 24.4. The first-order valence-electron chi connectivity index (χ1n) is 11.2. The summed E-state index contributed by atoms with van der Waals surface area (Å²) in [7, 11) is 0. The van der Waals surface area contributed by atoms with E-state index in [1.54, 1.807) is 0 Å². The normalized spacial score (nSPS) is 19.2. The van der Waals surface area contributed by atoms with Gasteiger partial charge in [0.25, 0.3) is 0 Å². The predicted octanol–water partition coefficient (Wildman–Crippen LogP) is 6.65. The third-order valence-electron chi connectivity index (χ3n) is 5.90. The monoisotopic (exact) mass is 462 g/mol. The Hall–Kier alpha value is -1.26. The topological polar surface area (TPSA) is 33.3 Å². The van der Waals surface area contributed by atoms with Crippen LogP contribution in [0.15, 0.2) is 42.5 Å². The maximum atomic E-state index is 6.22. The second-order valence-electron chi connectivity index (χ2n) is 10.3. The van der Waals surface area contributed by atoms with Crippen LogP contribution in [0.3, 0.4) is 0 Å². The Kier molecular flexibility index (Phi) is 7.96. The quantitative estimate of drug-likeness (QED) is 0.460. The van der Waals surface area contributed by atoms with E-state index in [1.807, 2.05) is 30.3 Å². The van der Waals surface area contributed by atoms with E-state index >= 15 is 0 Å². The Balaban J connectivity index is 1.47. The van der Waals surface area contributed by atoms with Crippen molar-refractivity contribution >= 4 is 23.2 Å². The number of nitrogens with one attached hydrogen (secondary N) is 2. The summed E-state index contributed by atoms with van der Waals surface area (Å²) in [5.41, 5.74) is 2.49. The van der Waals surface area contributed by atoms with Crippen molar-refractivity contribution in [3.8, 4) is 5.75 Å². The molecule has 2 aromatic carbocycles. The first-order chi connectivity index (χ1) is 14.5. The fourth-order valence-corrected chi connectivity index (χ4v) is 5.36. The molecular weight excluding hydrogens is 427 g/mol. The number of halogens is 2. The molecule has 0 aromatic heterocycles. The van der Waals surface area contributed by atoms with Gasteiger partial charge in [0.15, 0.2) is 0 Å². The second kappa shape index (κ2) is 10.1. The maximum Gasteiger partial charge on any atom is 0.119 e. The van der Waals surface area contributed by atoms with E-state index in [4.69, 9.17) is 27.9 Å². The molecule has 170 valence electrons. The van der Waals surface area contributed by atoms with Gasteiger partial charge >= 0.3 is 0 Å². The molecule has 0 saturated carbocycles. The molecule has 1 fully saturated rings. The van der Waals surface area contributed by atoms with Crippen molar-refractivity contribution in [1.29, 1.82) is 0 Å². The zero-order valence-corrected chi connectivity index (χ0v) is 20.9. The largest absolute Gasteiger partial charge is 0.489 e. The van der Waals surface area contributed by atoms with Gasteiger partial charge in [-0.2, -0.15) is 0 Å². The Morgan fingerprint density at radius 3 is 2.16 bits per heavy atom. The lowest BCUT2D eigenvalue weighted by Crippen LogP contribution is -2.61. The Morgan fingerprint density at radius 2 is 1.58 bits per heavy atom. The van der Waals surface area contributed by atoms with Crippen LogP contribution in [0.25, 0.3) is 0 Å². The highest BCUT2D eigenvalue weighted by atomic mass is 35.5. The molecule has 1 heterocycles. The first-order valence-corrected chi connectivity index (χ1v) is 12.0. The highest BCUT2D eigenvalue weighted by Crippen LogP contribution is 2.29. The highest BCUT2D eigenvalue weighted by molar-refractivity contribution is 6.35. The summed E-state index contributed by atoms with van der Waals surface area (Å²) in [5.74, 6) is 1.39. The smallest absolute Gasteiger partial charge is 0.119 e. The van der Waals surface area contributed by atoms with E-state index in [0.717, 1.165) is 37.1 Å². The molecule has 1 saturated heterocycles. The third kappa shape index (κ3) is 7.39. The van der Waals surface area contributed by atoms with Gasteiger partial charge in [-0.15, -0.1) is 0 Å². The number of benzene rings is 2. The van der Waals surface area contributed by atoms with E-state index in [-0.39, 0.29) is 11.1 Å². The van der Waals surface area contributed by atoms with Crippen LogP contribution in [0, 0.1) is 5.92 Å². The van der Waals surface area contributed by atoms with Crippen molar-refractivity contribution in [2.75, 3.05) is 6.54 Å². The van der Waals surface area contributed by atoms with Crippen LogP contribution in [0.4, 0.5) is 0 Å². The zero-order chi connectivity index (χ0) is 22.6. The van der Waals surface area contributed by atoms with Crippen molar-refractivity contribution in [2.45, 2.75) is 77.6 Å². The van der Waals surface area contributed by atoms with Gasteiger partial charge in [0.1, 0.15) is 12.4 Å². The summed E-state index contributed by atoms with van der Waals surface area (Å²) in [5, 5.41) is 8.84. The molecular formula is C26H36Cl2N2O. The molecule has 2 aromatic rings. The molecule has 1 atom stereocenters. The van der Waals surface area contributed by atoms with Crippen LogP contribution in [0.2, 0.25) is 10.0 Å². The standard InChI is InChI=1S/C26H36Cl2N2O/c1-18(16-29-20-14-25(2,3)30-26(4,5)15-20)13-19-9-11-21(12-10-19)31-17-22-23(27)7-6-8-24(22)28/h6-12,18,20,29-30H,13-17H2,1-5H3/t18-/m1/s1. The lowest BCUT2D eigenvalue weighted by Gasteiger charge is -2.47. The van der Waals surface area contributed by atoms with E-state index in [0.29, 0.717) is 28.6 Å². The number of hydrogen-bond donors (Lipinski definition) is 2. The lowest BCUT2D eigenvalue weighted by molar-refractivity contribution is 0.144. The molecule has 3 rings (SSSR count). The Morgan fingerprint density at radius 1 is 1.00 bits per heavy atom. The molecule has 1 aliphatic rings. The fraction of sp³-hybridized carbons (Fsp3) is 0.538. The van der Waals surface area contributed by atoms with Crippen LogP contribution < -0.4 is 15.4 Å². The van der Waals surface area contributed by atoms with Gasteiger partial charge in [0, 0.05) is 32.7 Å².